The lowest BCUT2D eigenvalue weighted by Gasteiger charge is -2.22. The highest BCUT2D eigenvalue weighted by Crippen LogP contribution is 2.32. The molecule has 1 aliphatic rings. The standard InChI is InChI=1S/C28H24Br2ClN3O2/c29-21-9-12-25-23(15-21)28(35)34(27(33-25)20-4-2-1-3-5-20)32-16-19-8-13-26(24(30)14-19)36-17-18-6-10-22(31)11-7-18/h6-16,20H,1-5,17H2. The van der Waals surface area contributed by atoms with Crippen molar-refractivity contribution < 1.29 is 4.74 Å². The summed E-state index contributed by atoms with van der Waals surface area (Å²) in [4.78, 5) is 18.4. The molecule has 0 amide bonds. The molecule has 0 bridgehead atoms. The smallest absolute Gasteiger partial charge is 0.282 e. The van der Waals surface area contributed by atoms with Gasteiger partial charge in [-0.2, -0.15) is 9.78 Å². The highest BCUT2D eigenvalue weighted by molar-refractivity contribution is 9.10. The molecule has 4 aromatic rings. The molecule has 0 aliphatic heterocycles. The molecule has 5 rings (SSSR count). The molecule has 0 atom stereocenters. The Morgan fingerprint density at radius 2 is 1.81 bits per heavy atom. The van der Waals surface area contributed by atoms with E-state index in [2.05, 4.69) is 37.0 Å². The van der Waals surface area contributed by atoms with Crippen molar-refractivity contribution in [2.45, 2.75) is 44.6 Å². The molecule has 3 aromatic carbocycles. The van der Waals surface area contributed by atoms with Crippen molar-refractivity contribution in [1.29, 1.82) is 0 Å². The van der Waals surface area contributed by atoms with Gasteiger partial charge < -0.3 is 4.74 Å². The fourth-order valence-corrected chi connectivity index (χ4v) is 5.48. The summed E-state index contributed by atoms with van der Waals surface area (Å²) < 4.78 is 9.09. The van der Waals surface area contributed by atoms with Crippen LogP contribution in [0.25, 0.3) is 10.9 Å². The van der Waals surface area contributed by atoms with Crippen molar-refractivity contribution in [3.63, 3.8) is 0 Å². The van der Waals surface area contributed by atoms with Gasteiger partial charge in [-0.25, -0.2) is 4.98 Å². The topological polar surface area (TPSA) is 56.5 Å². The molecule has 0 saturated heterocycles. The Hall–Kier alpha value is -2.48. The lowest BCUT2D eigenvalue weighted by Crippen LogP contribution is -2.25. The van der Waals surface area contributed by atoms with Crippen LogP contribution < -0.4 is 10.3 Å². The van der Waals surface area contributed by atoms with Crippen molar-refractivity contribution >= 4 is 60.6 Å². The minimum absolute atomic E-state index is 0.153. The zero-order valence-electron chi connectivity index (χ0n) is 19.5. The first kappa shape index (κ1) is 25.2. The van der Waals surface area contributed by atoms with Gasteiger partial charge in [-0.1, -0.05) is 58.9 Å². The van der Waals surface area contributed by atoms with E-state index in [4.69, 9.17) is 21.3 Å². The maximum Gasteiger partial charge on any atom is 0.282 e. The zero-order chi connectivity index (χ0) is 25.1. The number of halogens is 3. The van der Waals surface area contributed by atoms with Gasteiger partial charge in [0.25, 0.3) is 5.56 Å². The van der Waals surface area contributed by atoms with E-state index in [1.807, 2.05) is 60.7 Å². The number of nitrogens with zero attached hydrogens (tertiary/aromatic N) is 3. The molecular formula is C28H24Br2ClN3O2. The fourth-order valence-electron chi connectivity index (χ4n) is 4.48. The van der Waals surface area contributed by atoms with Crippen molar-refractivity contribution in [3.8, 4) is 5.75 Å². The summed E-state index contributed by atoms with van der Waals surface area (Å²) >= 11 is 13.0. The third-order valence-electron chi connectivity index (χ3n) is 6.39. The van der Waals surface area contributed by atoms with Crippen molar-refractivity contribution in [2.75, 3.05) is 0 Å². The second-order valence-electron chi connectivity index (χ2n) is 8.93. The van der Waals surface area contributed by atoms with Gasteiger partial charge in [0.05, 0.1) is 21.6 Å². The third kappa shape index (κ3) is 5.74. The van der Waals surface area contributed by atoms with E-state index in [0.29, 0.717) is 22.5 Å². The number of ether oxygens (including phenoxy) is 1. The zero-order valence-corrected chi connectivity index (χ0v) is 23.4. The minimum atomic E-state index is -0.153. The van der Waals surface area contributed by atoms with Crippen molar-refractivity contribution in [1.82, 2.24) is 9.66 Å². The number of fused-ring (bicyclic) bond motifs is 1. The Morgan fingerprint density at radius 1 is 1.03 bits per heavy atom. The largest absolute Gasteiger partial charge is 0.488 e. The predicted octanol–water partition coefficient (Wildman–Crippen LogP) is 8.08. The van der Waals surface area contributed by atoms with Gasteiger partial charge in [0.15, 0.2) is 0 Å². The highest BCUT2D eigenvalue weighted by Gasteiger charge is 2.22. The summed E-state index contributed by atoms with van der Waals surface area (Å²) in [5, 5.41) is 5.88. The van der Waals surface area contributed by atoms with Crippen LogP contribution in [0.4, 0.5) is 0 Å². The number of hydrogen-bond acceptors (Lipinski definition) is 4. The third-order valence-corrected chi connectivity index (χ3v) is 7.75. The van der Waals surface area contributed by atoms with Crippen LogP contribution in [0.2, 0.25) is 5.02 Å². The number of hydrogen-bond donors (Lipinski definition) is 0. The highest BCUT2D eigenvalue weighted by atomic mass is 79.9. The molecule has 0 N–H and O–H groups in total. The number of rotatable bonds is 6. The van der Waals surface area contributed by atoms with E-state index >= 15 is 0 Å². The van der Waals surface area contributed by atoms with Crippen LogP contribution in [0.1, 0.15) is 55.0 Å². The van der Waals surface area contributed by atoms with Crippen LogP contribution in [0.3, 0.4) is 0 Å². The molecule has 1 aromatic heterocycles. The van der Waals surface area contributed by atoms with Crippen LogP contribution in [0.5, 0.6) is 5.75 Å². The molecule has 184 valence electrons. The molecule has 0 radical (unpaired) electrons. The van der Waals surface area contributed by atoms with E-state index in [9.17, 15) is 4.79 Å². The van der Waals surface area contributed by atoms with E-state index in [1.54, 1.807) is 6.21 Å². The summed E-state index contributed by atoms with van der Waals surface area (Å²) in [6, 6.07) is 18.9. The van der Waals surface area contributed by atoms with Crippen LogP contribution in [0, 0.1) is 0 Å². The molecule has 0 unspecified atom stereocenters. The van der Waals surface area contributed by atoms with Gasteiger partial charge in [-0.15, -0.1) is 0 Å². The maximum absolute atomic E-state index is 13.5. The normalized spacial score (nSPS) is 14.5. The summed E-state index contributed by atoms with van der Waals surface area (Å²) in [7, 11) is 0. The van der Waals surface area contributed by atoms with Crippen molar-refractivity contribution in [2.24, 2.45) is 5.10 Å². The Bertz CT molecular complexity index is 1480. The minimum Gasteiger partial charge on any atom is -0.488 e. The van der Waals surface area contributed by atoms with E-state index in [0.717, 1.165) is 57.3 Å². The average molecular weight is 630 g/mol. The van der Waals surface area contributed by atoms with E-state index in [1.165, 1.54) is 11.1 Å². The van der Waals surface area contributed by atoms with Gasteiger partial charge in [0, 0.05) is 15.4 Å². The second kappa shape index (κ2) is 11.3. The molecule has 5 nitrogen and oxygen atoms in total. The van der Waals surface area contributed by atoms with Gasteiger partial charge >= 0.3 is 0 Å². The Balaban J connectivity index is 1.43. The Kier molecular flexibility index (Phi) is 7.89. The van der Waals surface area contributed by atoms with E-state index in [-0.39, 0.29) is 11.5 Å². The van der Waals surface area contributed by atoms with Crippen LogP contribution in [-0.2, 0) is 6.61 Å². The quantitative estimate of drug-likeness (QED) is 0.203. The molecule has 1 fully saturated rings. The number of aromatic nitrogens is 2. The summed E-state index contributed by atoms with van der Waals surface area (Å²) in [6.45, 7) is 0.432. The molecule has 1 aliphatic carbocycles. The van der Waals surface area contributed by atoms with Crippen LogP contribution in [0.15, 0.2) is 79.5 Å². The predicted molar refractivity (Wildman–Crippen MR) is 152 cm³/mol. The molecule has 36 heavy (non-hydrogen) atoms. The van der Waals surface area contributed by atoms with E-state index < -0.39 is 0 Å². The molecular weight excluding hydrogens is 606 g/mol. The van der Waals surface area contributed by atoms with Gasteiger partial charge in [0.2, 0.25) is 0 Å². The Labute approximate surface area is 231 Å². The van der Waals surface area contributed by atoms with Crippen LogP contribution in [-0.4, -0.2) is 15.9 Å². The van der Waals surface area contributed by atoms with Gasteiger partial charge in [-0.05, 0) is 88.4 Å². The fraction of sp³-hybridized carbons (Fsp3) is 0.250. The lowest BCUT2D eigenvalue weighted by atomic mass is 9.88. The molecule has 1 heterocycles. The summed E-state index contributed by atoms with van der Waals surface area (Å²) in [5.41, 5.74) is 2.43. The van der Waals surface area contributed by atoms with Gasteiger partial charge in [-0.3, -0.25) is 4.79 Å². The lowest BCUT2D eigenvalue weighted by molar-refractivity contribution is 0.304. The maximum atomic E-state index is 13.5. The molecule has 0 spiro atoms. The molecule has 1 saturated carbocycles. The van der Waals surface area contributed by atoms with Crippen molar-refractivity contribution in [3.05, 3.63) is 102 Å². The number of benzene rings is 3. The monoisotopic (exact) mass is 627 g/mol. The first-order chi connectivity index (χ1) is 17.5. The SMILES string of the molecule is O=c1c2cc(Br)ccc2nc(C2CCCCC2)n1N=Cc1ccc(OCc2ccc(Cl)cc2)c(Br)c1. The van der Waals surface area contributed by atoms with Crippen LogP contribution >= 0.6 is 43.5 Å². The molecule has 8 heteroatoms. The van der Waals surface area contributed by atoms with Gasteiger partial charge in [0.1, 0.15) is 18.2 Å². The average Bonchev–Trinajstić information content (AvgIpc) is 2.89. The first-order valence-corrected chi connectivity index (χ1v) is 13.9. The second-order valence-corrected chi connectivity index (χ2v) is 11.1. The Morgan fingerprint density at radius 3 is 2.56 bits per heavy atom. The first-order valence-electron chi connectivity index (χ1n) is 11.9. The summed E-state index contributed by atoms with van der Waals surface area (Å²) in [6.07, 6.45) is 7.27. The summed E-state index contributed by atoms with van der Waals surface area (Å²) in [5.74, 6) is 1.69.